The van der Waals surface area contributed by atoms with Crippen molar-refractivity contribution < 1.29 is 19.0 Å². The van der Waals surface area contributed by atoms with Crippen LogP contribution in [-0.4, -0.2) is 48.9 Å². The van der Waals surface area contributed by atoms with Gasteiger partial charge in [-0.2, -0.15) is 0 Å². The van der Waals surface area contributed by atoms with Crippen molar-refractivity contribution >= 4 is 6.09 Å². The molecule has 1 saturated heterocycles. The first-order valence-electron chi connectivity index (χ1n) is 7.51. The number of rotatable bonds is 5. The molecule has 5 nitrogen and oxygen atoms in total. The predicted octanol–water partition coefficient (Wildman–Crippen LogP) is 2.55. The third-order valence-electron chi connectivity index (χ3n) is 4.18. The smallest absolute Gasteiger partial charge is 0.407 e. The zero-order valence-electron chi connectivity index (χ0n) is 13.0. The van der Waals surface area contributed by atoms with Gasteiger partial charge in [0.25, 0.3) is 0 Å². The minimum absolute atomic E-state index is 0.236. The quantitative estimate of drug-likeness (QED) is 0.821. The number of likely N-dealkylation sites (tertiary alicyclic amines) is 1. The Morgan fingerprint density at radius 3 is 2.95 bits per heavy atom. The summed E-state index contributed by atoms with van der Waals surface area (Å²) >= 11 is 0. The number of piperidine rings is 1. The first kappa shape index (κ1) is 16.7. The van der Waals surface area contributed by atoms with Gasteiger partial charge >= 0.3 is 6.09 Å². The molecule has 1 aliphatic rings. The molecule has 2 atom stereocenters. The summed E-state index contributed by atoms with van der Waals surface area (Å²) < 4.78 is 18.3. The monoisotopic (exact) mass is 310 g/mol. The van der Waals surface area contributed by atoms with Gasteiger partial charge in [0.05, 0.1) is 12.6 Å². The second-order valence-corrected chi connectivity index (χ2v) is 5.66. The highest BCUT2D eigenvalue weighted by Gasteiger charge is 2.33. The topological polar surface area (TPSA) is 61.8 Å². The maximum atomic E-state index is 13.3. The maximum absolute atomic E-state index is 13.3. The molecule has 6 heteroatoms. The van der Waals surface area contributed by atoms with Crippen molar-refractivity contribution in [1.82, 2.24) is 10.2 Å². The van der Waals surface area contributed by atoms with Gasteiger partial charge in [-0.25, -0.2) is 9.18 Å². The molecule has 1 heterocycles. The Balaban J connectivity index is 2.16. The molecule has 0 unspecified atom stereocenters. The second kappa shape index (κ2) is 7.56. The van der Waals surface area contributed by atoms with Crippen molar-refractivity contribution in [2.45, 2.75) is 31.8 Å². The zero-order valence-corrected chi connectivity index (χ0v) is 13.0. The summed E-state index contributed by atoms with van der Waals surface area (Å²) in [4.78, 5) is 12.9. The van der Waals surface area contributed by atoms with Gasteiger partial charge < -0.3 is 20.1 Å². The molecule has 1 aromatic carbocycles. The Morgan fingerprint density at radius 1 is 1.55 bits per heavy atom. The summed E-state index contributed by atoms with van der Waals surface area (Å²) in [6.45, 7) is 3.66. The van der Waals surface area contributed by atoms with E-state index in [-0.39, 0.29) is 17.9 Å². The maximum Gasteiger partial charge on any atom is 0.407 e. The van der Waals surface area contributed by atoms with E-state index in [1.54, 1.807) is 13.2 Å². The average molecular weight is 310 g/mol. The zero-order chi connectivity index (χ0) is 16.1. The number of hydrogen-bond donors (Lipinski definition) is 2. The van der Waals surface area contributed by atoms with E-state index in [9.17, 15) is 14.3 Å². The van der Waals surface area contributed by atoms with Gasteiger partial charge in [0, 0.05) is 26.2 Å². The third kappa shape index (κ3) is 3.96. The van der Waals surface area contributed by atoms with Gasteiger partial charge in [0.15, 0.2) is 0 Å². The molecule has 0 bridgehead atoms. The van der Waals surface area contributed by atoms with E-state index in [1.807, 2.05) is 6.92 Å². The van der Waals surface area contributed by atoms with Crippen LogP contribution in [0.5, 0.6) is 0 Å². The molecule has 0 spiro atoms. The Labute approximate surface area is 130 Å². The Hall–Kier alpha value is -1.66. The molecule has 22 heavy (non-hydrogen) atoms. The molecule has 1 fully saturated rings. The van der Waals surface area contributed by atoms with Crippen molar-refractivity contribution in [2.24, 2.45) is 0 Å². The van der Waals surface area contributed by atoms with Crippen molar-refractivity contribution in [3.63, 3.8) is 0 Å². The van der Waals surface area contributed by atoms with Crippen LogP contribution in [0.15, 0.2) is 18.2 Å². The first-order valence-corrected chi connectivity index (χ1v) is 7.51. The van der Waals surface area contributed by atoms with E-state index < -0.39 is 6.09 Å². The van der Waals surface area contributed by atoms with Crippen LogP contribution in [0.4, 0.5) is 9.18 Å². The summed E-state index contributed by atoms with van der Waals surface area (Å²) in [5, 5.41) is 12.8. The molecule has 2 N–H and O–H groups in total. The minimum Gasteiger partial charge on any atom is -0.465 e. The first-order chi connectivity index (χ1) is 10.5. The lowest BCUT2D eigenvalue weighted by atomic mass is 9.89. The number of carboxylic acid groups (broad SMARTS) is 1. The number of carbonyl (C=O) groups is 1. The number of hydrogen-bond acceptors (Lipinski definition) is 3. The van der Waals surface area contributed by atoms with E-state index >= 15 is 0 Å². The van der Waals surface area contributed by atoms with Gasteiger partial charge in [0.2, 0.25) is 0 Å². The van der Waals surface area contributed by atoms with Gasteiger partial charge in [-0.1, -0.05) is 6.07 Å². The van der Waals surface area contributed by atoms with Crippen LogP contribution in [0.1, 0.15) is 30.0 Å². The van der Waals surface area contributed by atoms with Gasteiger partial charge in [-0.05, 0) is 43.0 Å². The Bertz CT molecular complexity index is 524. The number of methoxy groups -OCH3 is 1. The molecule has 0 aromatic heterocycles. The normalized spacial score (nSPS) is 21.9. The fraction of sp³-hybridized carbons (Fsp3) is 0.562. The average Bonchev–Trinajstić information content (AvgIpc) is 2.47. The number of nitrogens with one attached hydrogen (secondary N) is 1. The summed E-state index contributed by atoms with van der Waals surface area (Å²) in [6.07, 6.45) is 0.527. The molecule has 0 radical (unpaired) electrons. The van der Waals surface area contributed by atoms with Crippen molar-refractivity contribution in [3.05, 3.63) is 35.1 Å². The molecule has 0 saturated carbocycles. The highest BCUT2D eigenvalue weighted by Crippen LogP contribution is 2.33. The number of ether oxygens (including phenoxy) is 1. The summed E-state index contributed by atoms with van der Waals surface area (Å²) in [7, 11) is 1.65. The van der Waals surface area contributed by atoms with Crippen molar-refractivity contribution in [2.75, 3.05) is 26.8 Å². The van der Waals surface area contributed by atoms with Gasteiger partial charge in [0.1, 0.15) is 5.82 Å². The summed E-state index contributed by atoms with van der Waals surface area (Å²) in [5.41, 5.74) is 1.66. The fourth-order valence-corrected chi connectivity index (χ4v) is 3.05. The van der Waals surface area contributed by atoms with Crippen LogP contribution in [0.25, 0.3) is 0 Å². The lowest BCUT2D eigenvalue weighted by molar-refractivity contribution is 0.0942. The van der Waals surface area contributed by atoms with Crippen LogP contribution >= 0.6 is 0 Å². The van der Waals surface area contributed by atoms with E-state index in [0.717, 1.165) is 24.1 Å². The molecule has 2 rings (SSSR count). The summed E-state index contributed by atoms with van der Waals surface area (Å²) in [5.74, 6) is -0.297. The Kier molecular flexibility index (Phi) is 5.74. The molecular weight excluding hydrogens is 287 g/mol. The van der Waals surface area contributed by atoms with Crippen molar-refractivity contribution in [1.29, 1.82) is 0 Å². The van der Waals surface area contributed by atoms with Crippen LogP contribution < -0.4 is 5.32 Å². The fourth-order valence-electron chi connectivity index (χ4n) is 3.05. The molecule has 122 valence electrons. The number of halogens is 1. The third-order valence-corrected chi connectivity index (χ3v) is 4.18. The SMILES string of the molecule is COCCN[C@@H]1CCN(C(=O)O)[C@@H](c2ccc(F)cc2C)C1. The van der Waals surface area contributed by atoms with Crippen LogP contribution in [-0.2, 0) is 4.74 Å². The molecular formula is C16H23FN2O3. The van der Waals surface area contributed by atoms with E-state index in [1.165, 1.54) is 17.0 Å². The Morgan fingerprint density at radius 2 is 2.32 bits per heavy atom. The van der Waals surface area contributed by atoms with Crippen LogP contribution in [0.3, 0.4) is 0 Å². The van der Waals surface area contributed by atoms with E-state index in [4.69, 9.17) is 4.74 Å². The van der Waals surface area contributed by atoms with Gasteiger partial charge in [-0.15, -0.1) is 0 Å². The highest BCUT2D eigenvalue weighted by atomic mass is 19.1. The molecule has 1 aliphatic heterocycles. The van der Waals surface area contributed by atoms with E-state index in [0.29, 0.717) is 19.6 Å². The standard InChI is InChI=1S/C16H23FN2O3/c1-11-9-12(17)3-4-14(11)15-10-13(18-6-8-22-2)5-7-19(15)16(20)21/h3-4,9,13,15,18H,5-8,10H2,1-2H3,(H,20,21)/t13-,15-/m1/s1. The lowest BCUT2D eigenvalue weighted by Gasteiger charge is -2.39. The number of benzene rings is 1. The number of nitrogens with zero attached hydrogens (tertiary/aromatic N) is 1. The second-order valence-electron chi connectivity index (χ2n) is 5.66. The summed E-state index contributed by atoms with van der Waals surface area (Å²) in [6, 6.07) is 4.54. The van der Waals surface area contributed by atoms with Gasteiger partial charge in [-0.3, -0.25) is 0 Å². The molecule has 1 amide bonds. The minimum atomic E-state index is -0.927. The van der Waals surface area contributed by atoms with Crippen LogP contribution in [0.2, 0.25) is 0 Å². The van der Waals surface area contributed by atoms with Crippen molar-refractivity contribution in [3.8, 4) is 0 Å². The predicted molar refractivity (Wildman–Crippen MR) is 81.5 cm³/mol. The number of amides is 1. The van der Waals surface area contributed by atoms with Crippen LogP contribution in [0, 0.1) is 12.7 Å². The molecule has 0 aliphatic carbocycles. The molecule has 1 aromatic rings. The highest BCUT2D eigenvalue weighted by molar-refractivity contribution is 5.66. The lowest BCUT2D eigenvalue weighted by Crippen LogP contribution is -2.47. The largest absolute Gasteiger partial charge is 0.465 e. The number of aryl methyl sites for hydroxylation is 1. The van der Waals surface area contributed by atoms with E-state index in [2.05, 4.69) is 5.32 Å².